The highest BCUT2D eigenvalue weighted by atomic mass is 35.5. The molecule has 1 rings (SSSR count). The second-order valence-electron chi connectivity index (χ2n) is 4.11. The number of hydrogen-bond acceptors (Lipinski definition) is 5. The van der Waals surface area contributed by atoms with Crippen molar-refractivity contribution in [3.05, 3.63) is 29.8 Å². The highest BCUT2D eigenvalue weighted by Crippen LogP contribution is 2.17. The van der Waals surface area contributed by atoms with E-state index in [1.807, 2.05) is 0 Å². The first-order valence-electron chi connectivity index (χ1n) is 6.10. The Balaban J connectivity index is 2.89. The third kappa shape index (κ3) is 4.84. The molecule has 1 N–H and O–H groups in total. The van der Waals surface area contributed by atoms with E-state index >= 15 is 0 Å². The van der Waals surface area contributed by atoms with Gasteiger partial charge in [0.2, 0.25) is 0 Å². The van der Waals surface area contributed by atoms with E-state index in [9.17, 15) is 14.4 Å². The lowest BCUT2D eigenvalue weighted by molar-refractivity contribution is -0.140. The van der Waals surface area contributed by atoms with Gasteiger partial charge in [0, 0.05) is 12.8 Å². The zero-order chi connectivity index (χ0) is 15.8. The lowest BCUT2D eigenvalue weighted by Crippen LogP contribution is -2.37. The van der Waals surface area contributed by atoms with Crippen LogP contribution in [-0.4, -0.2) is 43.9 Å². The second kappa shape index (κ2) is 8.39. The number of anilines is 1. The molecule has 0 radical (unpaired) electrons. The SMILES string of the molecule is COC(=O)Cc1ccccc1NC(=O)C(OC)C(=O)CCl. The summed E-state index contributed by atoms with van der Waals surface area (Å²) in [7, 11) is 2.53. The molecule has 7 heteroatoms. The van der Waals surface area contributed by atoms with Crippen LogP contribution in [0.1, 0.15) is 5.56 Å². The van der Waals surface area contributed by atoms with Crippen molar-refractivity contribution in [2.45, 2.75) is 12.5 Å². The van der Waals surface area contributed by atoms with E-state index in [1.165, 1.54) is 14.2 Å². The molecule has 114 valence electrons. The molecule has 1 unspecified atom stereocenters. The van der Waals surface area contributed by atoms with Crippen LogP contribution in [0.4, 0.5) is 5.69 Å². The number of methoxy groups -OCH3 is 2. The fourth-order valence-electron chi connectivity index (χ4n) is 1.68. The average Bonchev–Trinajstić information content (AvgIpc) is 2.49. The van der Waals surface area contributed by atoms with Crippen molar-refractivity contribution in [1.29, 1.82) is 0 Å². The third-order valence-corrected chi connectivity index (χ3v) is 3.00. The fraction of sp³-hybridized carbons (Fsp3) is 0.357. The molecule has 0 aromatic heterocycles. The number of benzene rings is 1. The lowest BCUT2D eigenvalue weighted by Gasteiger charge is -2.15. The number of ketones is 1. The van der Waals surface area contributed by atoms with Crippen LogP contribution in [-0.2, 0) is 30.3 Å². The van der Waals surface area contributed by atoms with E-state index < -0.39 is 23.8 Å². The van der Waals surface area contributed by atoms with Gasteiger partial charge in [0.15, 0.2) is 11.9 Å². The summed E-state index contributed by atoms with van der Waals surface area (Å²) >= 11 is 5.42. The third-order valence-electron chi connectivity index (χ3n) is 2.74. The van der Waals surface area contributed by atoms with Crippen LogP contribution in [0.2, 0.25) is 0 Å². The number of alkyl halides is 1. The van der Waals surface area contributed by atoms with Gasteiger partial charge in [-0.25, -0.2) is 0 Å². The van der Waals surface area contributed by atoms with Crippen LogP contribution < -0.4 is 5.32 Å². The minimum atomic E-state index is -1.28. The Kier molecular flexibility index (Phi) is 6.84. The van der Waals surface area contributed by atoms with Crippen molar-refractivity contribution in [2.75, 3.05) is 25.4 Å². The number of carbonyl (C=O) groups is 3. The summed E-state index contributed by atoms with van der Waals surface area (Å²) in [4.78, 5) is 34.8. The molecule has 1 aromatic rings. The monoisotopic (exact) mass is 313 g/mol. The zero-order valence-corrected chi connectivity index (χ0v) is 12.5. The number of esters is 1. The van der Waals surface area contributed by atoms with Crippen LogP contribution in [0.25, 0.3) is 0 Å². The number of nitrogens with one attached hydrogen (secondary N) is 1. The maximum atomic E-state index is 12.0. The Morgan fingerprint density at radius 1 is 1.24 bits per heavy atom. The van der Waals surface area contributed by atoms with Gasteiger partial charge >= 0.3 is 5.97 Å². The smallest absolute Gasteiger partial charge is 0.310 e. The summed E-state index contributed by atoms with van der Waals surface area (Å²) in [6.07, 6.45) is -1.28. The fourth-order valence-corrected chi connectivity index (χ4v) is 1.82. The van der Waals surface area contributed by atoms with Gasteiger partial charge in [-0.1, -0.05) is 18.2 Å². The average molecular weight is 314 g/mol. The number of hydrogen-bond donors (Lipinski definition) is 1. The Bertz CT molecular complexity index is 532. The maximum absolute atomic E-state index is 12.0. The topological polar surface area (TPSA) is 81.7 Å². The molecular weight excluding hydrogens is 298 g/mol. The molecule has 0 spiro atoms. The van der Waals surface area contributed by atoms with Gasteiger partial charge in [0.1, 0.15) is 0 Å². The summed E-state index contributed by atoms with van der Waals surface area (Å²) in [5.74, 6) is -1.94. The van der Waals surface area contributed by atoms with E-state index in [2.05, 4.69) is 10.1 Å². The molecule has 0 saturated heterocycles. The summed E-state index contributed by atoms with van der Waals surface area (Å²) in [5, 5.41) is 2.56. The van der Waals surface area contributed by atoms with Crippen LogP contribution in [0.3, 0.4) is 0 Å². The van der Waals surface area contributed by atoms with E-state index in [4.69, 9.17) is 16.3 Å². The van der Waals surface area contributed by atoms with Gasteiger partial charge in [-0.05, 0) is 11.6 Å². The van der Waals surface area contributed by atoms with Crippen molar-refractivity contribution in [1.82, 2.24) is 0 Å². The zero-order valence-electron chi connectivity index (χ0n) is 11.7. The Morgan fingerprint density at radius 2 is 1.90 bits per heavy atom. The number of para-hydroxylation sites is 1. The van der Waals surface area contributed by atoms with E-state index in [0.29, 0.717) is 11.3 Å². The van der Waals surface area contributed by atoms with Gasteiger partial charge in [0.25, 0.3) is 5.91 Å². The van der Waals surface area contributed by atoms with Crippen LogP contribution >= 0.6 is 11.6 Å². The molecule has 0 bridgehead atoms. The number of carbonyl (C=O) groups excluding carboxylic acids is 3. The number of ether oxygens (including phenoxy) is 2. The Morgan fingerprint density at radius 3 is 2.48 bits per heavy atom. The maximum Gasteiger partial charge on any atom is 0.310 e. The quantitative estimate of drug-likeness (QED) is 0.464. The van der Waals surface area contributed by atoms with E-state index in [-0.39, 0.29) is 12.3 Å². The second-order valence-corrected chi connectivity index (χ2v) is 4.38. The standard InChI is InChI=1S/C14H16ClNO5/c1-20-12(18)7-9-5-3-4-6-10(9)16-14(19)13(21-2)11(17)8-15/h3-6,13H,7-8H2,1-2H3,(H,16,19). The molecule has 0 aliphatic carbocycles. The molecule has 6 nitrogen and oxygen atoms in total. The first-order valence-corrected chi connectivity index (χ1v) is 6.64. The first-order chi connectivity index (χ1) is 10.0. The van der Waals surface area contributed by atoms with E-state index in [0.717, 1.165) is 0 Å². The first kappa shape index (κ1) is 17.1. The molecule has 1 aromatic carbocycles. The highest BCUT2D eigenvalue weighted by molar-refractivity contribution is 6.30. The van der Waals surface area contributed by atoms with Gasteiger partial charge < -0.3 is 14.8 Å². The van der Waals surface area contributed by atoms with Crippen LogP contribution in [0, 0.1) is 0 Å². The summed E-state index contributed by atoms with van der Waals surface area (Å²) in [5.41, 5.74) is 0.989. The molecule has 0 heterocycles. The molecule has 0 aliphatic rings. The minimum Gasteiger partial charge on any atom is -0.469 e. The molecule has 0 aliphatic heterocycles. The van der Waals surface area contributed by atoms with Crippen molar-refractivity contribution < 1.29 is 23.9 Å². The molecule has 1 amide bonds. The summed E-state index contributed by atoms with van der Waals surface area (Å²) in [6.45, 7) is 0. The predicted octanol–water partition coefficient (Wildman–Crippen LogP) is 1.16. The number of rotatable bonds is 7. The van der Waals surface area contributed by atoms with Crippen molar-refractivity contribution >= 4 is 34.9 Å². The Labute approximate surface area is 127 Å². The summed E-state index contributed by atoms with van der Waals surface area (Å²) < 4.78 is 9.43. The highest BCUT2D eigenvalue weighted by Gasteiger charge is 2.26. The molecule has 1 atom stereocenters. The van der Waals surface area contributed by atoms with Gasteiger partial charge in [-0.2, -0.15) is 0 Å². The van der Waals surface area contributed by atoms with Crippen LogP contribution in [0.15, 0.2) is 24.3 Å². The van der Waals surface area contributed by atoms with Gasteiger partial charge in [-0.15, -0.1) is 11.6 Å². The van der Waals surface area contributed by atoms with Crippen molar-refractivity contribution in [2.24, 2.45) is 0 Å². The lowest BCUT2D eigenvalue weighted by atomic mass is 10.1. The largest absolute Gasteiger partial charge is 0.469 e. The minimum absolute atomic E-state index is 0.00799. The number of amides is 1. The normalized spacial score (nSPS) is 11.6. The van der Waals surface area contributed by atoms with Crippen molar-refractivity contribution in [3.63, 3.8) is 0 Å². The van der Waals surface area contributed by atoms with Gasteiger partial charge in [-0.3, -0.25) is 14.4 Å². The van der Waals surface area contributed by atoms with Crippen LogP contribution in [0.5, 0.6) is 0 Å². The predicted molar refractivity (Wildman–Crippen MR) is 77.3 cm³/mol. The Hall–Kier alpha value is -1.92. The molecule has 0 saturated carbocycles. The van der Waals surface area contributed by atoms with Gasteiger partial charge in [0.05, 0.1) is 19.4 Å². The van der Waals surface area contributed by atoms with E-state index in [1.54, 1.807) is 24.3 Å². The number of halogens is 1. The number of Topliss-reactive ketones (excluding diaryl/α,β-unsaturated/α-hetero) is 1. The summed E-state index contributed by atoms with van der Waals surface area (Å²) in [6, 6.07) is 6.72. The molecule has 0 fully saturated rings. The molecular formula is C14H16ClNO5. The van der Waals surface area contributed by atoms with Crippen molar-refractivity contribution in [3.8, 4) is 0 Å². The molecule has 21 heavy (non-hydrogen) atoms.